The molecule has 5 nitrogen and oxygen atoms in total. The number of hydrogen-bond donors (Lipinski definition) is 0. The van der Waals surface area contributed by atoms with Gasteiger partial charge in [-0.1, -0.05) is 11.6 Å². The van der Waals surface area contributed by atoms with E-state index in [9.17, 15) is 4.79 Å². The van der Waals surface area contributed by atoms with Crippen LogP contribution in [0.5, 0.6) is 0 Å². The Balaban J connectivity index is 2.33. The molecule has 1 aliphatic rings. The van der Waals surface area contributed by atoms with Crippen LogP contribution in [0.4, 0.5) is 5.69 Å². The molecule has 0 saturated carbocycles. The van der Waals surface area contributed by atoms with Crippen molar-refractivity contribution in [2.24, 2.45) is 0 Å². The Labute approximate surface area is 127 Å². The molecule has 0 spiro atoms. The lowest BCUT2D eigenvalue weighted by molar-refractivity contribution is -0.124. The summed E-state index contributed by atoms with van der Waals surface area (Å²) in [4.78, 5) is 22.8. The van der Waals surface area contributed by atoms with Gasteiger partial charge in [0.2, 0.25) is 5.91 Å². The molecule has 0 radical (unpaired) electrons. The fourth-order valence-electron chi connectivity index (χ4n) is 2.98. The van der Waals surface area contributed by atoms with Crippen molar-refractivity contribution < 1.29 is 9.53 Å². The average Bonchev–Trinajstić information content (AvgIpc) is 2.60. The number of aromatic nitrogens is 2. The fourth-order valence-corrected chi connectivity index (χ4v) is 3.25. The number of rotatable bonds is 2. The predicted molar refractivity (Wildman–Crippen MR) is 81.9 cm³/mol. The second kappa shape index (κ2) is 4.64. The van der Waals surface area contributed by atoms with Gasteiger partial charge in [-0.25, -0.2) is 9.97 Å². The van der Waals surface area contributed by atoms with Crippen molar-refractivity contribution in [3.8, 4) is 0 Å². The number of amides is 1. The van der Waals surface area contributed by atoms with E-state index >= 15 is 0 Å². The van der Waals surface area contributed by atoms with Crippen LogP contribution < -0.4 is 4.90 Å². The average molecular weight is 306 g/mol. The zero-order valence-corrected chi connectivity index (χ0v) is 13.2. The molecule has 1 aromatic heterocycles. The number of methoxy groups -OCH3 is 1. The van der Waals surface area contributed by atoms with Crippen molar-refractivity contribution >= 4 is 34.1 Å². The Kier molecular flexibility index (Phi) is 3.15. The molecule has 0 saturated heterocycles. The Hall–Kier alpha value is -1.72. The van der Waals surface area contributed by atoms with Gasteiger partial charge < -0.3 is 9.64 Å². The largest absolute Gasteiger partial charge is 0.383 e. The first-order chi connectivity index (χ1) is 9.88. The van der Waals surface area contributed by atoms with Crippen molar-refractivity contribution in [2.45, 2.75) is 19.3 Å². The molecule has 21 heavy (non-hydrogen) atoms. The zero-order valence-electron chi connectivity index (χ0n) is 12.4. The van der Waals surface area contributed by atoms with Crippen molar-refractivity contribution in [3.63, 3.8) is 0 Å². The molecule has 1 amide bonds. The van der Waals surface area contributed by atoms with Crippen LogP contribution in [0.2, 0.25) is 5.15 Å². The number of ether oxygens (including phenoxy) is 1. The minimum atomic E-state index is -0.707. The molecule has 1 unspecified atom stereocenters. The molecule has 2 aromatic rings. The number of carbonyl (C=O) groups is 1. The fraction of sp³-hybridized carbons (Fsp3) is 0.400. The summed E-state index contributed by atoms with van der Waals surface area (Å²) >= 11 is 6.23. The van der Waals surface area contributed by atoms with Gasteiger partial charge in [-0.05, 0) is 31.5 Å². The summed E-state index contributed by atoms with van der Waals surface area (Å²) < 4.78 is 5.25. The van der Waals surface area contributed by atoms with Gasteiger partial charge in [0, 0.05) is 25.2 Å². The van der Waals surface area contributed by atoms with Gasteiger partial charge in [-0.15, -0.1) is 0 Å². The number of aryl methyl sites for hydroxylation is 1. The summed E-state index contributed by atoms with van der Waals surface area (Å²) in [6.07, 6.45) is 0. The number of nitrogens with zero attached hydrogens (tertiary/aromatic N) is 3. The topological polar surface area (TPSA) is 55.3 Å². The maximum Gasteiger partial charge on any atom is 0.239 e. The third kappa shape index (κ3) is 1.92. The van der Waals surface area contributed by atoms with Crippen LogP contribution in [0.25, 0.3) is 10.9 Å². The number of anilines is 1. The number of halogens is 1. The van der Waals surface area contributed by atoms with Gasteiger partial charge in [0.25, 0.3) is 0 Å². The maximum absolute atomic E-state index is 12.6. The lowest BCUT2D eigenvalue weighted by atomic mass is 9.84. The van der Waals surface area contributed by atoms with Gasteiger partial charge >= 0.3 is 0 Å². The monoisotopic (exact) mass is 305 g/mol. The standard InChI is InChI=1S/C15H16ClN3O2/c1-8-17-11-6-12-10(5-9(11)13(16)18-8)15(2,7-21-4)14(20)19(12)3/h5-6H,7H2,1-4H3. The summed E-state index contributed by atoms with van der Waals surface area (Å²) in [6.45, 7) is 4.00. The highest BCUT2D eigenvalue weighted by atomic mass is 35.5. The van der Waals surface area contributed by atoms with E-state index in [1.165, 1.54) is 0 Å². The van der Waals surface area contributed by atoms with Gasteiger partial charge in [0.1, 0.15) is 11.0 Å². The number of carbonyl (C=O) groups excluding carboxylic acids is 1. The Bertz CT molecular complexity index is 762. The molecule has 2 heterocycles. The van der Waals surface area contributed by atoms with E-state index in [1.807, 2.05) is 19.1 Å². The summed E-state index contributed by atoms with van der Waals surface area (Å²) in [6, 6.07) is 3.80. The maximum atomic E-state index is 12.6. The smallest absolute Gasteiger partial charge is 0.239 e. The molecule has 3 rings (SSSR count). The molecule has 0 N–H and O–H groups in total. The Morgan fingerprint density at radius 2 is 2.10 bits per heavy atom. The van der Waals surface area contributed by atoms with Crippen LogP contribution in [0.15, 0.2) is 12.1 Å². The molecule has 1 aromatic carbocycles. The molecule has 1 aliphatic heterocycles. The quantitative estimate of drug-likeness (QED) is 0.800. The SMILES string of the molecule is COCC1(C)C(=O)N(C)c2cc3nc(C)nc(Cl)c3cc21. The van der Waals surface area contributed by atoms with E-state index in [4.69, 9.17) is 16.3 Å². The van der Waals surface area contributed by atoms with Crippen molar-refractivity contribution in [1.82, 2.24) is 9.97 Å². The summed E-state index contributed by atoms with van der Waals surface area (Å²) in [7, 11) is 3.36. The summed E-state index contributed by atoms with van der Waals surface area (Å²) in [5, 5.41) is 1.16. The molecule has 6 heteroatoms. The minimum Gasteiger partial charge on any atom is -0.383 e. The van der Waals surface area contributed by atoms with Crippen molar-refractivity contribution in [2.75, 3.05) is 25.7 Å². The van der Waals surface area contributed by atoms with Gasteiger partial charge in [-0.3, -0.25) is 4.79 Å². The third-order valence-corrected chi connectivity index (χ3v) is 4.33. The Morgan fingerprint density at radius 3 is 2.76 bits per heavy atom. The van der Waals surface area contributed by atoms with Crippen LogP contribution in [0, 0.1) is 6.92 Å². The first-order valence-electron chi connectivity index (χ1n) is 6.64. The van der Waals surface area contributed by atoms with Crippen LogP contribution in [0.3, 0.4) is 0 Å². The normalized spacial score (nSPS) is 21.2. The van der Waals surface area contributed by atoms with E-state index in [-0.39, 0.29) is 5.91 Å². The van der Waals surface area contributed by atoms with Crippen LogP contribution in [-0.2, 0) is 14.9 Å². The van der Waals surface area contributed by atoms with Gasteiger partial charge in [0.05, 0.1) is 17.5 Å². The van der Waals surface area contributed by atoms with Crippen LogP contribution >= 0.6 is 11.6 Å². The van der Waals surface area contributed by atoms with Crippen LogP contribution in [0.1, 0.15) is 18.3 Å². The molecular weight excluding hydrogens is 290 g/mol. The minimum absolute atomic E-state index is 0.00968. The molecule has 0 fully saturated rings. The highest BCUT2D eigenvalue weighted by molar-refractivity contribution is 6.34. The lowest BCUT2D eigenvalue weighted by Gasteiger charge is -2.22. The molecule has 110 valence electrons. The molecule has 1 atom stereocenters. The Morgan fingerprint density at radius 1 is 1.38 bits per heavy atom. The second-order valence-corrected chi connectivity index (χ2v) is 5.94. The predicted octanol–water partition coefficient (Wildman–Crippen LogP) is 2.47. The summed E-state index contributed by atoms with van der Waals surface area (Å²) in [5.74, 6) is 0.620. The first kappa shape index (κ1) is 14.2. The van der Waals surface area contributed by atoms with E-state index in [2.05, 4.69) is 9.97 Å². The highest BCUT2D eigenvalue weighted by Gasteiger charge is 2.46. The van der Waals surface area contributed by atoms with Gasteiger partial charge in [-0.2, -0.15) is 0 Å². The third-order valence-electron chi connectivity index (χ3n) is 4.04. The number of fused-ring (bicyclic) bond motifs is 2. The highest BCUT2D eigenvalue weighted by Crippen LogP contribution is 2.43. The van der Waals surface area contributed by atoms with Crippen molar-refractivity contribution in [3.05, 3.63) is 28.7 Å². The molecule has 0 aliphatic carbocycles. The van der Waals surface area contributed by atoms with E-state index in [0.717, 1.165) is 22.2 Å². The summed E-state index contributed by atoms with van der Waals surface area (Å²) in [5.41, 5.74) is 1.79. The number of likely N-dealkylation sites (N-methyl/N-ethyl adjacent to an activating group) is 1. The second-order valence-electron chi connectivity index (χ2n) is 5.58. The molecule has 0 bridgehead atoms. The molecular formula is C15H16ClN3O2. The number of benzene rings is 1. The zero-order chi connectivity index (χ0) is 15.4. The van der Waals surface area contributed by atoms with E-state index < -0.39 is 5.41 Å². The van der Waals surface area contributed by atoms with Crippen molar-refractivity contribution in [1.29, 1.82) is 0 Å². The first-order valence-corrected chi connectivity index (χ1v) is 7.02. The van der Waals surface area contributed by atoms with E-state index in [0.29, 0.717) is 17.6 Å². The van der Waals surface area contributed by atoms with E-state index in [1.54, 1.807) is 26.0 Å². The number of hydrogen-bond acceptors (Lipinski definition) is 4. The van der Waals surface area contributed by atoms with Gasteiger partial charge in [0.15, 0.2) is 0 Å². The van der Waals surface area contributed by atoms with Crippen LogP contribution in [-0.4, -0.2) is 36.6 Å². The lowest BCUT2D eigenvalue weighted by Crippen LogP contribution is -2.39.